The number of nitrogens with one attached hydrogen (secondary N) is 1. The highest BCUT2D eigenvalue weighted by atomic mass is 16.5. The van der Waals surface area contributed by atoms with Crippen LogP contribution in [0, 0.1) is 0 Å². The van der Waals surface area contributed by atoms with Gasteiger partial charge in [0.2, 0.25) is 0 Å². The molecule has 0 radical (unpaired) electrons. The molecule has 1 atom stereocenters. The standard InChI is InChI=1S/C25H22N2O4/c26-22(16-8-2-1-3-9-16)25(30)31-15-7-14-27-20-13-6-12-19-21(20)24(29)18-11-5-4-10-17(18)23(19)28/h1-6,8-13,22,27H,7,14-15,26H2/t22-/m0/s1. The Morgan fingerprint density at radius 1 is 0.839 bits per heavy atom. The van der Waals surface area contributed by atoms with Crippen LogP contribution in [0.3, 0.4) is 0 Å². The van der Waals surface area contributed by atoms with Gasteiger partial charge in [0.05, 0.1) is 12.2 Å². The number of benzene rings is 3. The van der Waals surface area contributed by atoms with Crippen LogP contribution < -0.4 is 11.1 Å². The minimum absolute atomic E-state index is 0.155. The Balaban J connectivity index is 1.36. The Morgan fingerprint density at radius 3 is 2.23 bits per heavy atom. The number of ketones is 2. The van der Waals surface area contributed by atoms with E-state index in [0.29, 0.717) is 46.5 Å². The van der Waals surface area contributed by atoms with Crippen LogP contribution in [0.5, 0.6) is 0 Å². The second kappa shape index (κ2) is 8.93. The molecule has 4 rings (SSSR count). The van der Waals surface area contributed by atoms with Gasteiger partial charge in [-0.15, -0.1) is 0 Å². The molecule has 0 fully saturated rings. The fourth-order valence-electron chi connectivity index (χ4n) is 3.65. The number of anilines is 1. The molecule has 156 valence electrons. The van der Waals surface area contributed by atoms with Gasteiger partial charge in [0.15, 0.2) is 11.6 Å². The molecule has 0 saturated carbocycles. The third-order valence-corrected chi connectivity index (χ3v) is 5.25. The molecule has 0 unspecified atom stereocenters. The van der Waals surface area contributed by atoms with E-state index in [1.54, 1.807) is 54.6 Å². The molecule has 0 spiro atoms. The molecule has 0 heterocycles. The molecule has 31 heavy (non-hydrogen) atoms. The number of carbonyl (C=O) groups excluding carboxylic acids is 3. The summed E-state index contributed by atoms with van der Waals surface area (Å²) in [6, 6.07) is 20.3. The third-order valence-electron chi connectivity index (χ3n) is 5.25. The molecule has 3 aromatic carbocycles. The fourth-order valence-corrected chi connectivity index (χ4v) is 3.65. The second-order valence-corrected chi connectivity index (χ2v) is 7.27. The summed E-state index contributed by atoms with van der Waals surface area (Å²) in [5.74, 6) is -0.813. The quantitative estimate of drug-likeness (QED) is 0.355. The molecule has 3 aromatic rings. The molecule has 3 N–H and O–H groups in total. The van der Waals surface area contributed by atoms with Crippen LogP contribution in [0.15, 0.2) is 72.8 Å². The lowest BCUT2D eigenvalue weighted by molar-refractivity contribution is -0.145. The first-order valence-corrected chi connectivity index (χ1v) is 10.1. The number of fused-ring (bicyclic) bond motifs is 2. The smallest absolute Gasteiger partial charge is 0.327 e. The molecule has 6 nitrogen and oxygen atoms in total. The van der Waals surface area contributed by atoms with E-state index in [4.69, 9.17) is 10.5 Å². The van der Waals surface area contributed by atoms with Gasteiger partial charge >= 0.3 is 5.97 Å². The zero-order valence-corrected chi connectivity index (χ0v) is 16.8. The van der Waals surface area contributed by atoms with Crippen LogP contribution in [-0.2, 0) is 9.53 Å². The summed E-state index contributed by atoms with van der Waals surface area (Å²) in [6.07, 6.45) is 0.523. The van der Waals surface area contributed by atoms with Gasteiger partial charge in [0.25, 0.3) is 0 Å². The Hall–Kier alpha value is -3.77. The molecule has 1 aliphatic carbocycles. The maximum absolute atomic E-state index is 13.0. The molecule has 6 heteroatoms. The lowest BCUT2D eigenvalue weighted by atomic mass is 9.83. The highest BCUT2D eigenvalue weighted by Crippen LogP contribution is 2.31. The van der Waals surface area contributed by atoms with E-state index in [1.165, 1.54) is 0 Å². The van der Waals surface area contributed by atoms with E-state index in [9.17, 15) is 14.4 Å². The first kappa shape index (κ1) is 20.5. The van der Waals surface area contributed by atoms with Gasteiger partial charge in [-0.1, -0.05) is 66.7 Å². The molecule has 0 aromatic heterocycles. The van der Waals surface area contributed by atoms with Crippen LogP contribution in [0.4, 0.5) is 5.69 Å². The average Bonchev–Trinajstić information content (AvgIpc) is 2.82. The van der Waals surface area contributed by atoms with Gasteiger partial charge in [-0.25, -0.2) is 4.79 Å². The number of hydrogen-bond donors (Lipinski definition) is 2. The van der Waals surface area contributed by atoms with Crippen molar-refractivity contribution < 1.29 is 19.1 Å². The molecular weight excluding hydrogens is 392 g/mol. The summed E-state index contributed by atoms with van der Waals surface area (Å²) in [6.45, 7) is 0.657. The second-order valence-electron chi connectivity index (χ2n) is 7.27. The molecule has 0 saturated heterocycles. The lowest BCUT2D eigenvalue weighted by Crippen LogP contribution is -2.25. The van der Waals surface area contributed by atoms with Crippen LogP contribution in [-0.4, -0.2) is 30.7 Å². The maximum Gasteiger partial charge on any atom is 0.327 e. The van der Waals surface area contributed by atoms with Crippen molar-refractivity contribution in [3.05, 3.63) is 101 Å². The summed E-state index contributed by atoms with van der Waals surface area (Å²) in [5.41, 5.74) is 8.85. The topological polar surface area (TPSA) is 98.5 Å². The van der Waals surface area contributed by atoms with Crippen molar-refractivity contribution in [1.29, 1.82) is 0 Å². The Kier molecular flexibility index (Phi) is 5.91. The van der Waals surface area contributed by atoms with E-state index in [1.807, 2.05) is 18.2 Å². The average molecular weight is 414 g/mol. The predicted molar refractivity (Wildman–Crippen MR) is 117 cm³/mol. The fraction of sp³-hybridized carbons (Fsp3) is 0.160. The van der Waals surface area contributed by atoms with Gasteiger partial charge in [0.1, 0.15) is 6.04 Å². The summed E-state index contributed by atoms with van der Waals surface area (Å²) >= 11 is 0. The molecule has 0 amide bonds. The largest absolute Gasteiger partial charge is 0.464 e. The van der Waals surface area contributed by atoms with E-state index in [0.717, 1.165) is 0 Å². The van der Waals surface area contributed by atoms with Crippen molar-refractivity contribution >= 4 is 23.2 Å². The van der Waals surface area contributed by atoms with Gasteiger partial charge in [-0.05, 0) is 18.1 Å². The normalized spacial score (nSPS) is 13.2. The first-order valence-electron chi connectivity index (χ1n) is 10.1. The molecule has 0 bridgehead atoms. The highest BCUT2D eigenvalue weighted by molar-refractivity contribution is 6.30. The van der Waals surface area contributed by atoms with E-state index < -0.39 is 12.0 Å². The summed E-state index contributed by atoms with van der Waals surface area (Å²) in [5, 5.41) is 3.19. The maximum atomic E-state index is 13.0. The Bertz CT molecular complexity index is 1140. The van der Waals surface area contributed by atoms with Crippen LogP contribution in [0.2, 0.25) is 0 Å². The summed E-state index contributed by atoms with van der Waals surface area (Å²) in [4.78, 5) is 37.9. The minimum Gasteiger partial charge on any atom is -0.464 e. The van der Waals surface area contributed by atoms with Crippen molar-refractivity contribution in [2.75, 3.05) is 18.5 Å². The lowest BCUT2D eigenvalue weighted by Gasteiger charge is -2.20. The van der Waals surface area contributed by atoms with Crippen LogP contribution in [0.1, 0.15) is 49.9 Å². The summed E-state index contributed by atoms with van der Waals surface area (Å²) < 4.78 is 5.27. The Morgan fingerprint density at radius 2 is 1.48 bits per heavy atom. The van der Waals surface area contributed by atoms with E-state index >= 15 is 0 Å². The SMILES string of the molecule is N[C@H](C(=O)OCCCNc1cccc2c1C(=O)c1ccccc1C2=O)c1ccccc1. The zero-order valence-electron chi connectivity index (χ0n) is 16.8. The number of hydrogen-bond acceptors (Lipinski definition) is 6. The van der Waals surface area contributed by atoms with Crippen molar-refractivity contribution in [3.8, 4) is 0 Å². The van der Waals surface area contributed by atoms with Gasteiger partial charge in [0, 0.05) is 28.9 Å². The van der Waals surface area contributed by atoms with E-state index in [2.05, 4.69) is 5.32 Å². The van der Waals surface area contributed by atoms with E-state index in [-0.39, 0.29) is 18.2 Å². The number of carbonyl (C=O) groups is 3. The first-order chi connectivity index (χ1) is 15.1. The van der Waals surface area contributed by atoms with Crippen molar-refractivity contribution in [3.63, 3.8) is 0 Å². The minimum atomic E-state index is -0.820. The van der Waals surface area contributed by atoms with Gasteiger partial charge in [-0.2, -0.15) is 0 Å². The third kappa shape index (κ3) is 4.11. The molecule has 1 aliphatic rings. The number of esters is 1. The molecular formula is C25H22N2O4. The molecule has 0 aliphatic heterocycles. The van der Waals surface area contributed by atoms with Crippen molar-refractivity contribution in [2.24, 2.45) is 5.73 Å². The van der Waals surface area contributed by atoms with Crippen LogP contribution >= 0.6 is 0 Å². The van der Waals surface area contributed by atoms with Crippen LogP contribution in [0.25, 0.3) is 0 Å². The van der Waals surface area contributed by atoms with Gasteiger partial charge < -0.3 is 15.8 Å². The number of nitrogens with two attached hydrogens (primary N) is 1. The zero-order chi connectivity index (χ0) is 21.8. The monoisotopic (exact) mass is 414 g/mol. The Labute approximate surface area is 180 Å². The van der Waals surface area contributed by atoms with Gasteiger partial charge in [-0.3, -0.25) is 9.59 Å². The number of rotatable bonds is 7. The van der Waals surface area contributed by atoms with Crippen molar-refractivity contribution in [1.82, 2.24) is 0 Å². The highest BCUT2D eigenvalue weighted by Gasteiger charge is 2.31. The van der Waals surface area contributed by atoms with Crippen molar-refractivity contribution in [2.45, 2.75) is 12.5 Å². The number of ether oxygens (including phenoxy) is 1. The summed E-state index contributed by atoms with van der Waals surface area (Å²) in [7, 11) is 0. The predicted octanol–water partition coefficient (Wildman–Crippen LogP) is 3.51.